The van der Waals surface area contributed by atoms with Gasteiger partial charge in [0.2, 0.25) is 0 Å². The summed E-state index contributed by atoms with van der Waals surface area (Å²) in [7, 11) is 0. The van der Waals surface area contributed by atoms with E-state index in [4.69, 9.17) is 0 Å². The minimum atomic E-state index is 0.710. The molecule has 1 aliphatic carbocycles. The number of anilines is 1. The monoisotopic (exact) mass is 246 g/mol. The summed E-state index contributed by atoms with van der Waals surface area (Å²) in [6.07, 6.45) is 5.90. The second-order valence-electron chi connectivity index (χ2n) is 4.61. The summed E-state index contributed by atoms with van der Waals surface area (Å²) in [6, 6.07) is 0.814. The highest BCUT2D eigenvalue weighted by atomic mass is 15.2. The molecule has 6 heteroatoms. The first-order valence-electron chi connectivity index (χ1n) is 6.50. The van der Waals surface area contributed by atoms with Crippen LogP contribution in [0.25, 0.3) is 11.2 Å². The predicted octanol–water partition coefficient (Wildman–Crippen LogP) is 1.25. The standard InChI is InChI=1S/C12H18N6/c1-2-18(9-3-4-9)6-5-13-11-10-12(15-7-14-10)17-8-16-11/h7-9H,2-6H2,1H3,(H2,13,14,15,16,17). The molecule has 0 atom stereocenters. The van der Waals surface area contributed by atoms with E-state index in [9.17, 15) is 0 Å². The molecule has 0 radical (unpaired) electrons. The molecule has 1 saturated carbocycles. The van der Waals surface area contributed by atoms with E-state index in [1.165, 1.54) is 12.8 Å². The van der Waals surface area contributed by atoms with Crippen LogP contribution in [-0.2, 0) is 0 Å². The van der Waals surface area contributed by atoms with E-state index in [1.54, 1.807) is 12.7 Å². The normalized spacial score (nSPS) is 15.4. The van der Waals surface area contributed by atoms with Crippen molar-refractivity contribution in [2.45, 2.75) is 25.8 Å². The van der Waals surface area contributed by atoms with Gasteiger partial charge >= 0.3 is 0 Å². The molecule has 0 aliphatic heterocycles. The molecular formula is C12H18N6. The Hall–Kier alpha value is -1.69. The summed E-state index contributed by atoms with van der Waals surface area (Å²) >= 11 is 0. The van der Waals surface area contributed by atoms with Gasteiger partial charge in [0.15, 0.2) is 11.5 Å². The largest absolute Gasteiger partial charge is 0.367 e. The van der Waals surface area contributed by atoms with E-state index in [2.05, 4.69) is 37.1 Å². The fourth-order valence-electron chi connectivity index (χ4n) is 2.26. The molecule has 2 aromatic rings. The molecule has 1 fully saturated rings. The molecule has 96 valence electrons. The lowest BCUT2D eigenvalue weighted by molar-refractivity contribution is 0.289. The number of fused-ring (bicyclic) bond motifs is 1. The Balaban J connectivity index is 1.60. The number of rotatable bonds is 6. The first kappa shape index (κ1) is 11.4. The summed E-state index contributed by atoms with van der Waals surface area (Å²) in [5, 5.41) is 3.36. The number of likely N-dealkylation sites (N-methyl/N-ethyl adjacent to an activating group) is 1. The molecule has 2 aromatic heterocycles. The Bertz CT molecular complexity index is 518. The minimum absolute atomic E-state index is 0.710. The van der Waals surface area contributed by atoms with Crippen LogP contribution in [-0.4, -0.2) is 50.5 Å². The first-order chi connectivity index (χ1) is 8.88. The van der Waals surface area contributed by atoms with Crippen molar-refractivity contribution in [2.75, 3.05) is 25.0 Å². The number of hydrogen-bond donors (Lipinski definition) is 2. The van der Waals surface area contributed by atoms with Gasteiger partial charge in [-0.15, -0.1) is 0 Å². The van der Waals surface area contributed by atoms with Crippen LogP contribution in [0.4, 0.5) is 5.82 Å². The summed E-state index contributed by atoms with van der Waals surface area (Å²) in [4.78, 5) is 18.0. The summed E-state index contributed by atoms with van der Waals surface area (Å²) in [5.74, 6) is 0.837. The maximum atomic E-state index is 4.25. The van der Waals surface area contributed by atoms with Crippen LogP contribution in [0.5, 0.6) is 0 Å². The number of hydrogen-bond acceptors (Lipinski definition) is 5. The maximum Gasteiger partial charge on any atom is 0.182 e. The topological polar surface area (TPSA) is 69.7 Å². The van der Waals surface area contributed by atoms with Gasteiger partial charge in [-0.05, 0) is 19.4 Å². The molecule has 0 aromatic carbocycles. The van der Waals surface area contributed by atoms with Crippen molar-refractivity contribution in [3.05, 3.63) is 12.7 Å². The summed E-state index contributed by atoms with van der Waals surface area (Å²) in [6.45, 7) is 5.29. The van der Waals surface area contributed by atoms with Crippen molar-refractivity contribution in [1.29, 1.82) is 0 Å². The van der Waals surface area contributed by atoms with Crippen molar-refractivity contribution in [3.63, 3.8) is 0 Å². The van der Waals surface area contributed by atoms with E-state index in [-0.39, 0.29) is 0 Å². The Morgan fingerprint density at radius 1 is 1.39 bits per heavy atom. The first-order valence-corrected chi connectivity index (χ1v) is 6.50. The third kappa shape index (κ3) is 2.28. The number of nitrogens with zero attached hydrogens (tertiary/aromatic N) is 4. The van der Waals surface area contributed by atoms with Crippen LogP contribution < -0.4 is 5.32 Å². The second kappa shape index (κ2) is 4.89. The molecule has 1 aliphatic rings. The number of aromatic amines is 1. The van der Waals surface area contributed by atoms with Crippen molar-refractivity contribution >= 4 is 17.0 Å². The quantitative estimate of drug-likeness (QED) is 0.802. The second-order valence-corrected chi connectivity index (χ2v) is 4.61. The van der Waals surface area contributed by atoms with Crippen molar-refractivity contribution in [2.24, 2.45) is 0 Å². The third-order valence-electron chi connectivity index (χ3n) is 3.38. The number of H-pyrrole nitrogens is 1. The zero-order chi connectivity index (χ0) is 12.4. The molecule has 0 saturated heterocycles. The average molecular weight is 246 g/mol. The van der Waals surface area contributed by atoms with Gasteiger partial charge in [-0.2, -0.15) is 0 Å². The van der Waals surface area contributed by atoms with E-state index in [0.29, 0.717) is 5.65 Å². The highest BCUT2D eigenvalue weighted by Gasteiger charge is 2.27. The zero-order valence-electron chi connectivity index (χ0n) is 10.6. The van der Waals surface area contributed by atoms with Gasteiger partial charge in [0.25, 0.3) is 0 Å². The molecule has 2 N–H and O–H groups in total. The fraction of sp³-hybridized carbons (Fsp3) is 0.583. The van der Waals surface area contributed by atoms with E-state index in [1.807, 2.05) is 0 Å². The fourth-order valence-corrected chi connectivity index (χ4v) is 2.26. The summed E-state index contributed by atoms with van der Waals surface area (Å²) in [5.41, 5.74) is 1.59. The lowest BCUT2D eigenvalue weighted by atomic mass is 10.4. The highest BCUT2D eigenvalue weighted by Crippen LogP contribution is 2.26. The molecule has 0 unspecified atom stereocenters. The lowest BCUT2D eigenvalue weighted by Crippen LogP contribution is -2.31. The minimum Gasteiger partial charge on any atom is -0.367 e. The third-order valence-corrected chi connectivity index (χ3v) is 3.38. The lowest BCUT2D eigenvalue weighted by Gasteiger charge is -2.19. The highest BCUT2D eigenvalue weighted by molar-refractivity contribution is 5.81. The van der Waals surface area contributed by atoms with Crippen LogP contribution in [0.15, 0.2) is 12.7 Å². The number of imidazole rings is 1. The molecule has 0 bridgehead atoms. The van der Waals surface area contributed by atoms with E-state index < -0.39 is 0 Å². The van der Waals surface area contributed by atoms with Gasteiger partial charge in [-0.3, -0.25) is 4.90 Å². The smallest absolute Gasteiger partial charge is 0.182 e. The van der Waals surface area contributed by atoms with Crippen LogP contribution in [0, 0.1) is 0 Å². The molecule has 6 nitrogen and oxygen atoms in total. The Kier molecular flexibility index (Phi) is 3.10. The number of nitrogens with one attached hydrogen (secondary N) is 2. The Morgan fingerprint density at radius 2 is 2.28 bits per heavy atom. The van der Waals surface area contributed by atoms with Crippen LogP contribution in [0.3, 0.4) is 0 Å². The molecule has 0 spiro atoms. The molecule has 2 heterocycles. The summed E-state index contributed by atoms with van der Waals surface area (Å²) < 4.78 is 0. The predicted molar refractivity (Wildman–Crippen MR) is 70.4 cm³/mol. The van der Waals surface area contributed by atoms with Crippen LogP contribution in [0.2, 0.25) is 0 Å². The van der Waals surface area contributed by atoms with Gasteiger partial charge in [-0.1, -0.05) is 6.92 Å². The van der Waals surface area contributed by atoms with Gasteiger partial charge in [-0.25, -0.2) is 15.0 Å². The Labute approximate surface area is 106 Å². The SMILES string of the molecule is CCN(CCNc1ncnc2nc[nH]c12)C1CC1. The van der Waals surface area contributed by atoms with Crippen molar-refractivity contribution < 1.29 is 0 Å². The van der Waals surface area contributed by atoms with Crippen molar-refractivity contribution in [3.8, 4) is 0 Å². The van der Waals surface area contributed by atoms with E-state index >= 15 is 0 Å². The number of aromatic nitrogens is 4. The maximum absolute atomic E-state index is 4.25. The molecule has 3 rings (SSSR count). The zero-order valence-corrected chi connectivity index (χ0v) is 10.6. The van der Waals surface area contributed by atoms with Crippen LogP contribution in [0.1, 0.15) is 19.8 Å². The van der Waals surface area contributed by atoms with Gasteiger partial charge in [0.05, 0.1) is 6.33 Å². The Morgan fingerprint density at radius 3 is 3.06 bits per heavy atom. The van der Waals surface area contributed by atoms with Gasteiger partial charge in [0.1, 0.15) is 11.8 Å². The molecular weight excluding hydrogens is 228 g/mol. The molecule has 0 amide bonds. The average Bonchev–Trinajstić information content (AvgIpc) is 3.11. The molecule has 18 heavy (non-hydrogen) atoms. The van der Waals surface area contributed by atoms with Gasteiger partial charge < -0.3 is 10.3 Å². The van der Waals surface area contributed by atoms with Crippen molar-refractivity contribution in [1.82, 2.24) is 24.8 Å². The van der Waals surface area contributed by atoms with Crippen LogP contribution >= 0.6 is 0 Å². The van der Waals surface area contributed by atoms with E-state index in [0.717, 1.165) is 37.0 Å². The van der Waals surface area contributed by atoms with Gasteiger partial charge in [0, 0.05) is 19.1 Å².